The van der Waals surface area contributed by atoms with Crippen molar-refractivity contribution in [1.29, 1.82) is 0 Å². The fraction of sp³-hybridized carbons (Fsp3) is 0. The Kier molecular flexibility index (Phi) is 9.20. The highest BCUT2D eigenvalue weighted by molar-refractivity contribution is 9.10. The van der Waals surface area contributed by atoms with E-state index in [2.05, 4.69) is 154 Å². The molecular formula is C27H34B17BrN4. The Morgan fingerprint density at radius 1 is 0.327 bits per heavy atom. The molecule has 2 aromatic heterocycles. The van der Waals surface area contributed by atoms with Crippen LogP contribution in [0.1, 0.15) is 0 Å². The van der Waals surface area contributed by atoms with Crippen LogP contribution < -0.4 is 92.9 Å². The minimum Gasteiger partial charge on any atom is -0.279 e. The summed E-state index contributed by atoms with van der Waals surface area (Å²) < 4.78 is 3.53. The smallest absolute Gasteiger partial charge is 0.238 e. The highest BCUT2D eigenvalue weighted by atomic mass is 79.9. The van der Waals surface area contributed by atoms with E-state index in [0.29, 0.717) is 5.95 Å². The van der Waals surface area contributed by atoms with Gasteiger partial charge in [-0.3, -0.25) is 4.57 Å². The van der Waals surface area contributed by atoms with Crippen molar-refractivity contribution in [2.75, 3.05) is 0 Å². The standard InChI is InChI=1S/C27H34B17BrN4/c28-5-1-2-10(33)22(45)19(42)21(44)24(2)49(23(1)20(43)18(41)11(5)34)27-47-25(3-6(29)12(35)16(39)13(36)7(3)30)46-26(48-27)4-8(31)14(37)17(40)15(38)9(4)32/h28-44H2. The molecule has 0 aliphatic heterocycles. The molecule has 6 rings (SSSR count). The Bertz CT molecular complexity index is 2280. The van der Waals surface area contributed by atoms with Crippen molar-refractivity contribution < 1.29 is 0 Å². The maximum Gasteiger partial charge on any atom is 0.238 e. The minimum atomic E-state index is 0.666. The number of hydrogen-bond acceptors (Lipinski definition) is 3. The summed E-state index contributed by atoms with van der Waals surface area (Å²) in [6.07, 6.45) is 0. The molecule has 49 heavy (non-hydrogen) atoms. The van der Waals surface area contributed by atoms with E-state index in [0.717, 1.165) is 27.2 Å². The molecule has 4 nitrogen and oxygen atoms in total. The number of aromatic nitrogens is 4. The number of halogens is 1. The molecule has 0 bridgehead atoms. The van der Waals surface area contributed by atoms with Crippen LogP contribution in [-0.2, 0) is 0 Å². The number of hydrogen-bond donors (Lipinski definition) is 0. The van der Waals surface area contributed by atoms with E-state index in [-0.39, 0.29) is 0 Å². The zero-order chi connectivity index (χ0) is 36.3. The molecule has 0 saturated carbocycles. The van der Waals surface area contributed by atoms with Crippen LogP contribution in [0, 0.1) is 0 Å². The van der Waals surface area contributed by atoms with Crippen molar-refractivity contribution >= 4 is 264 Å². The zero-order valence-corrected chi connectivity index (χ0v) is 34.3. The Labute approximate surface area is 314 Å². The Hall–Kier alpha value is -2.73. The fourth-order valence-electron chi connectivity index (χ4n) is 8.23. The van der Waals surface area contributed by atoms with Gasteiger partial charge in [-0.15, -0.1) is 38.2 Å². The molecule has 22 heteroatoms. The Morgan fingerprint density at radius 2 is 0.633 bits per heavy atom. The van der Waals surface area contributed by atoms with Gasteiger partial charge in [-0.1, -0.05) is 70.6 Å². The van der Waals surface area contributed by atoms with Crippen molar-refractivity contribution in [3.05, 3.63) is 4.47 Å². The van der Waals surface area contributed by atoms with Crippen LogP contribution in [-0.4, -0.2) is 153 Å². The van der Waals surface area contributed by atoms with Gasteiger partial charge in [-0.2, -0.15) is 9.97 Å². The van der Waals surface area contributed by atoms with E-state index in [1.807, 2.05) is 0 Å². The van der Waals surface area contributed by atoms with Crippen LogP contribution >= 0.6 is 15.9 Å². The van der Waals surface area contributed by atoms with Gasteiger partial charge in [0.15, 0.2) is 11.6 Å². The lowest BCUT2D eigenvalue weighted by molar-refractivity contribution is 0.959. The molecule has 0 fully saturated rings. The molecule has 0 N–H and O–H groups in total. The molecule has 2 heterocycles. The second-order valence-corrected chi connectivity index (χ2v) is 15.5. The molecule has 0 spiro atoms. The number of rotatable bonds is 3. The first kappa shape index (κ1) is 36.1. The summed E-state index contributed by atoms with van der Waals surface area (Å²) in [5.41, 5.74) is 26.2. The molecule has 6 aromatic rings. The second kappa shape index (κ2) is 12.5. The third-order valence-corrected chi connectivity index (χ3v) is 14.0. The van der Waals surface area contributed by atoms with Gasteiger partial charge in [-0.05, 0) is 5.39 Å². The van der Waals surface area contributed by atoms with Gasteiger partial charge in [0.1, 0.15) is 133 Å². The van der Waals surface area contributed by atoms with Gasteiger partial charge in [0.25, 0.3) is 0 Å². The van der Waals surface area contributed by atoms with Crippen molar-refractivity contribution in [3.8, 4) is 28.7 Å². The quantitative estimate of drug-likeness (QED) is 0.175. The van der Waals surface area contributed by atoms with E-state index in [9.17, 15) is 0 Å². The summed E-state index contributed by atoms with van der Waals surface area (Å²) in [6.45, 7) is 0. The van der Waals surface area contributed by atoms with Crippen molar-refractivity contribution in [2.45, 2.75) is 0 Å². The normalized spacial score (nSPS) is 11.5. The van der Waals surface area contributed by atoms with Gasteiger partial charge in [0, 0.05) is 32.0 Å². The van der Waals surface area contributed by atoms with Crippen LogP contribution in [0.5, 0.6) is 0 Å². The SMILES string of the molecule is Bc1c(B)c(B)c(-c2nc(-c3c(B)c(B)c(B)c(B)c3B)nc(-n3c4c(B)c(B)c(B)c(B)c4c4c(B)c(Br)c(B)c(B)c43)n2)c(B)c1B. The third kappa shape index (κ3) is 5.07. The van der Waals surface area contributed by atoms with Crippen LogP contribution in [0.4, 0.5) is 0 Å². The zero-order valence-electron chi connectivity index (χ0n) is 32.7. The van der Waals surface area contributed by atoms with Crippen LogP contribution in [0.15, 0.2) is 4.47 Å². The lowest BCUT2D eigenvalue weighted by Gasteiger charge is -2.22. The number of benzene rings is 4. The summed E-state index contributed by atoms with van der Waals surface area (Å²) in [5, 5.41) is 2.55. The van der Waals surface area contributed by atoms with Crippen molar-refractivity contribution in [2.24, 2.45) is 0 Å². The highest BCUT2D eigenvalue weighted by Crippen LogP contribution is 2.28. The van der Waals surface area contributed by atoms with Gasteiger partial charge >= 0.3 is 0 Å². The fourth-order valence-corrected chi connectivity index (χ4v) is 8.73. The molecule has 0 radical (unpaired) electrons. The van der Waals surface area contributed by atoms with E-state index < -0.39 is 0 Å². The number of nitrogens with zero attached hydrogens (tertiary/aromatic N) is 4. The predicted molar refractivity (Wildman–Crippen MR) is 272 cm³/mol. The predicted octanol–water partition coefficient (Wildman–Crippen LogP) is -22.5. The Balaban J connectivity index is 1.92. The van der Waals surface area contributed by atoms with Crippen LogP contribution in [0.25, 0.3) is 50.5 Å². The summed E-state index contributed by atoms with van der Waals surface area (Å²) in [5.74, 6) is 2.12. The summed E-state index contributed by atoms with van der Waals surface area (Å²) in [6, 6.07) is 0. The topological polar surface area (TPSA) is 43.6 Å². The average Bonchev–Trinajstić information content (AvgIpc) is 3.44. The lowest BCUT2D eigenvalue weighted by Crippen LogP contribution is -2.55. The maximum absolute atomic E-state index is 5.50. The molecular weight excluding hydrogens is 644 g/mol. The first-order valence-electron chi connectivity index (χ1n) is 17.5. The van der Waals surface area contributed by atoms with Crippen LogP contribution in [0.2, 0.25) is 0 Å². The molecule has 0 saturated heterocycles. The van der Waals surface area contributed by atoms with Gasteiger partial charge in [0.05, 0.1) is 0 Å². The minimum absolute atomic E-state index is 0.666. The van der Waals surface area contributed by atoms with Crippen molar-refractivity contribution in [1.82, 2.24) is 19.5 Å². The lowest BCUT2D eigenvalue weighted by atomic mass is 9.60. The van der Waals surface area contributed by atoms with E-state index in [1.165, 1.54) is 115 Å². The maximum atomic E-state index is 5.50. The van der Waals surface area contributed by atoms with E-state index >= 15 is 0 Å². The van der Waals surface area contributed by atoms with Gasteiger partial charge in [0.2, 0.25) is 5.95 Å². The van der Waals surface area contributed by atoms with E-state index in [4.69, 9.17) is 15.0 Å². The molecule has 0 aliphatic carbocycles. The number of fused-ring (bicyclic) bond motifs is 3. The molecule has 0 unspecified atom stereocenters. The summed E-state index contributed by atoms with van der Waals surface area (Å²) >= 11 is 3.98. The summed E-state index contributed by atoms with van der Waals surface area (Å²) in [4.78, 5) is 16.4. The second-order valence-electron chi connectivity index (χ2n) is 14.8. The largest absolute Gasteiger partial charge is 0.279 e. The van der Waals surface area contributed by atoms with Crippen LogP contribution in [0.3, 0.4) is 0 Å². The van der Waals surface area contributed by atoms with Crippen molar-refractivity contribution in [3.63, 3.8) is 0 Å². The molecule has 0 amide bonds. The van der Waals surface area contributed by atoms with Gasteiger partial charge in [-0.25, -0.2) is 4.98 Å². The molecule has 4 aromatic carbocycles. The molecule has 0 aliphatic rings. The molecule has 220 valence electrons. The summed E-state index contributed by atoms with van der Waals surface area (Å²) in [7, 11) is 38.0. The highest BCUT2D eigenvalue weighted by Gasteiger charge is 2.27. The average molecular weight is 678 g/mol. The molecule has 0 atom stereocenters. The first-order valence-corrected chi connectivity index (χ1v) is 18.2. The van der Waals surface area contributed by atoms with Gasteiger partial charge < -0.3 is 0 Å². The van der Waals surface area contributed by atoms with E-state index in [1.54, 1.807) is 0 Å². The third-order valence-electron chi connectivity index (χ3n) is 12.8. The first-order chi connectivity index (χ1) is 22.8. The monoisotopic (exact) mass is 680 g/mol. The Morgan fingerprint density at radius 3 is 1.04 bits per heavy atom.